The first-order valence-electron chi connectivity index (χ1n) is 6.03. The second kappa shape index (κ2) is 6.89. The van der Waals surface area contributed by atoms with Crippen LogP contribution in [0.1, 0.15) is 22.8 Å². The van der Waals surface area contributed by atoms with Gasteiger partial charge in [0.2, 0.25) is 0 Å². The molecule has 0 atom stereocenters. The molecule has 0 aromatic heterocycles. The molecule has 0 saturated heterocycles. The highest BCUT2D eigenvalue weighted by atomic mass is 16.5. The van der Waals surface area contributed by atoms with Gasteiger partial charge in [-0.1, -0.05) is 12.1 Å². The number of benzene rings is 1. The zero-order valence-electron chi connectivity index (χ0n) is 11.7. The summed E-state index contributed by atoms with van der Waals surface area (Å²) >= 11 is 0. The van der Waals surface area contributed by atoms with Crippen molar-refractivity contribution < 1.29 is 19.1 Å². The number of rotatable bonds is 6. The lowest BCUT2D eigenvalue weighted by molar-refractivity contribution is -0.137. The first kappa shape index (κ1) is 15.2. The Kier molecular flexibility index (Phi) is 5.51. The summed E-state index contributed by atoms with van der Waals surface area (Å²) in [5, 5.41) is 0. The SMILES string of the molecule is CCOC(=O)C(=O)c1cccc(CN(C)C)c1OC. The maximum Gasteiger partial charge on any atom is 0.379 e. The molecule has 19 heavy (non-hydrogen) atoms. The molecule has 5 nitrogen and oxygen atoms in total. The topological polar surface area (TPSA) is 55.8 Å². The van der Waals surface area contributed by atoms with Gasteiger partial charge in [-0.05, 0) is 27.1 Å². The molecule has 5 heteroatoms. The van der Waals surface area contributed by atoms with Crippen LogP contribution in [0.15, 0.2) is 18.2 Å². The minimum Gasteiger partial charge on any atom is -0.496 e. The Bertz CT molecular complexity index is 469. The molecule has 0 aliphatic rings. The number of ketones is 1. The summed E-state index contributed by atoms with van der Waals surface area (Å²) in [6.07, 6.45) is 0. The minimum atomic E-state index is -0.859. The predicted molar refractivity (Wildman–Crippen MR) is 71.3 cm³/mol. The van der Waals surface area contributed by atoms with E-state index in [0.717, 1.165) is 5.56 Å². The van der Waals surface area contributed by atoms with Crippen molar-refractivity contribution in [3.63, 3.8) is 0 Å². The van der Waals surface area contributed by atoms with Gasteiger partial charge in [0, 0.05) is 12.1 Å². The predicted octanol–water partition coefficient (Wildman–Crippen LogP) is 1.50. The van der Waals surface area contributed by atoms with E-state index >= 15 is 0 Å². The van der Waals surface area contributed by atoms with Gasteiger partial charge in [0.15, 0.2) is 0 Å². The highest BCUT2D eigenvalue weighted by Gasteiger charge is 2.23. The van der Waals surface area contributed by atoms with Crippen molar-refractivity contribution in [3.8, 4) is 5.75 Å². The van der Waals surface area contributed by atoms with Gasteiger partial charge in [0.1, 0.15) is 5.75 Å². The average Bonchev–Trinajstić information content (AvgIpc) is 2.37. The third-order valence-electron chi connectivity index (χ3n) is 2.49. The Hall–Kier alpha value is -1.88. The van der Waals surface area contributed by atoms with E-state index in [-0.39, 0.29) is 12.2 Å². The first-order valence-corrected chi connectivity index (χ1v) is 6.03. The summed E-state index contributed by atoms with van der Waals surface area (Å²) in [5.74, 6) is -1.11. The first-order chi connectivity index (χ1) is 9.01. The Morgan fingerprint density at radius 2 is 1.95 bits per heavy atom. The summed E-state index contributed by atoms with van der Waals surface area (Å²) in [6.45, 7) is 2.45. The largest absolute Gasteiger partial charge is 0.496 e. The van der Waals surface area contributed by atoms with E-state index in [2.05, 4.69) is 0 Å². The van der Waals surface area contributed by atoms with Crippen molar-refractivity contribution in [2.24, 2.45) is 0 Å². The Morgan fingerprint density at radius 3 is 2.47 bits per heavy atom. The number of carbonyl (C=O) groups excluding carboxylic acids is 2. The molecule has 0 aliphatic carbocycles. The van der Waals surface area contributed by atoms with Gasteiger partial charge < -0.3 is 14.4 Å². The quantitative estimate of drug-likeness (QED) is 0.443. The molecule has 0 fully saturated rings. The van der Waals surface area contributed by atoms with Crippen molar-refractivity contribution in [1.82, 2.24) is 4.90 Å². The van der Waals surface area contributed by atoms with Gasteiger partial charge in [-0.25, -0.2) is 4.79 Å². The van der Waals surface area contributed by atoms with Crippen LogP contribution in [0.3, 0.4) is 0 Å². The number of Topliss-reactive ketones (excluding diaryl/α,β-unsaturated/α-hetero) is 1. The summed E-state index contributed by atoms with van der Waals surface area (Å²) in [6, 6.07) is 5.16. The number of carbonyl (C=O) groups is 2. The van der Waals surface area contributed by atoms with Crippen molar-refractivity contribution in [3.05, 3.63) is 29.3 Å². The van der Waals surface area contributed by atoms with E-state index < -0.39 is 11.8 Å². The lowest BCUT2D eigenvalue weighted by atomic mass is 10.0. The summed E-state index contributed by atoms with van der Waals surface area (Å²) in [5.41, 5.74) is 1.09. The number of esters is 1. The molecule has 0 aliphatic heterocycles. The maximum atomic E-state index is 12.0. The van der Waals surface area contributed by atoms with Gasteiger partial charge in [-0.3, -0.25) is 4.79 Å². The van der Waals surface area contributed by atoms with E-state index in [1.54, 1.807) is 19.1 Å². The van der Waals surface area contributed by atoms with E-state index in [0.29, 0.717) is 12.3 Å². The normalized spacial score (nSPS) is 10.4. The van der Waals surface area contributed by atoms with Gasteiger partial charge >= 0.3 is 5.97 Å². The molecule has 1 rings (SSSR count). The Balaban J connectivity index is 3.13. The Labute approximate surface area is 113 Å². The smallest absolute Gasteiger partial charge is 0.379 e. The van der Waals surface area contributed by atoms with Gasteiger partial charge in [0.05, 0.1) is 19.3 Å². The second-order valence-corrected chi connectivity index (χ2v) is 4.29. The maximum absolute atomic E-state index is 12.0. The van der Waals surface area contributed by atoms with E-state index in [1.165, 1.54) is 7.11 Å². The molecule has 0 unspecified atom stereocenters. The van der Waals surface area contributed by atoms with Gasteiger partial charge in [-0.2, -0.15) is 0 Å². The van der Waals surface area contributed by atoms with Crippen molar-refractivity contribution in [1.29, 1.82) is 0 Å². The fourth-order valence-corrected chi connectivity index (χ4v) is 1.78. The van der Waals surface area contributed by atoms with Crippen molar-refractivity contribution in [2.75, 3.05) is 27.8 Å². The number of para-hydroxylation sites is 1. The molecular formula is C14H19NO4. The molecule has 0 amide bonds. The zero-order valence-corrected chi connectivity index (χ0v) is 11.7. The van der Waals surface area contributed by atoms with E-state index in [9.17, 15) is 9.59 Å². The fourth-order valence-electron chi connectivity index (χ4n) is 1.78. The van der Waals surface area contributed by atoms with Gasteiger partial charge in [-0.15, -0.1) is 0 Å². The molecular weight excluding hydrogens is 246 g/mol. The lowest BCUT2D eigenvalue weighted by Gasteiger charge is -2.15. The van der Waals surface area contributed by atoms with E-state index in [4.69, 9.17) is 9.47 Å². The van der Waals surface area contributed by atoms with Crippen LogP contribution in [0.25, 0.3) is 0 Å². The van der Waals surface area contributed by atoms with E-state index in [1.807, 2.05) is 25.1 Å². The van der Waals surface area contributed by atoms with Crippen LogP contribution < -0.4 is 4.74 Å². The third kappa shape index (κ3) is 3.79. The minimum absolute atomic E-state index is 0.171. The molecule has 0 radical (unpaired) electrons. The highest BCUT2D eigenvalue weighted by molar-refractivity contribution is 6.41. The zero-order chi connectivity index (χ0) is 14.4. The molecule has 0 saturated carbocycles. The molecule has 0 bridgehead atoms. The van der Waals surface area contributed by atoms with Crippen LogP contribution in [0.5, 0.6) is 5.75 Å². The second-order valence-electron chi connectivity index (χ2n) is 4.29. The number of hydrogen-bond acceptors (Lipinski definition) is 5. The Morgan fingerprint density at radius 1 is 1.26 bits per heavy atom. The standard InChI is InChI=1S/C14H19NO4/c1-5-19-14(17)12(16)11-8-6-7-10(9-15(2)3)13(11)18-4/h6-8H,5,9H2,1-4H3. The van der Waals surface area contributed by atoms with Crippen LogP contribution in [-0.4, -0.2) is 44.5 Å². The summed E-state index contributed by atoms with van der Waals surface area (Å²) in [7, 11) is 5.31. The van der Waals surface area contributed by atoms with Crippen LogP contribution in [-0.2, 0) is 16.1 Å². The molecule has 0 heterocycles. The van der Waals surface area contributed by atoms with Crippen LogP contribution in [0.2, 0.25) is 0 Å². The molecule has 1 aromatic rings. The van der Waals surface area contributed by atoms with Crippen LogP contribution in [0, 0.1) is 0 Å². The van der Waals surface area contributed by atoms with Crippen LogP contribution in [0.4, 0.5) is 0 Å². The number of hydrogen-bond donors (Lipinski definition) is 0. The molecule has 104 valence electrons. The fraction of sp³-hybridized carbons (Fsp3) is 0.429. The van der Waals surface area contributed by atoms with Crippen LogP contribution >= 0.6 is 0 Å². The number of nitrogens with zero attached hydrogens (tertiary/aromatic N) is 1. The van der Waals surface area contributed by atoms with Gasteiger partial charge in [0.25, 0.3) is 5.78 Å². The summed E-state index contributed by atoms with van der Waals surface area (Å²) in [4.78, 5) is 25.4. The highest BCUT2D eigenvalue weighted by Crippen LogP contribution is 2.25. The molecule has 0 spiro atoms. The average molecular weight is 265 g/mol. The monoisotopic (exact) mass is 265 g/mol. The molecule has 0 N–H and O–H groups in total. The lowest BCUT2D eigenvalue weighted by Crippen LogP contribution is -2.19. The number of ether oxygens (including phenoxy) is 2. The third-order valence-corrected chi connectivity index (χ3v) is 2.49. The van der Waals surface area contributed by atoms with Crippen molar-refractivity contribution >= 4 is 11.8 Å². The molecule has 1 aromatic carbocycles. The number of methoxy groups -OCH3 is 1. The van der Waals surface area contributed by atoms with Crippen molar-refractivity contribution in [2.45, 2.75) is 13.5 Å². The summed E-state index contributed by atoms with van der Waals surface area (Å²) < 4.78 is 10.00.